The van der Waals surface area contributed by atoms with Crippen molar-refractivity contribution in [3.8, 4) is 0 Å². The van der Waals surface area contributed by atoms with Crippen molar-refractivity contribution in [1.29, 1.82) is 0 Å². The van der Waals surface area contributed by atoms with E-state index in [0.29, 0.717) is 11.8 Å². The normalized spacial score (nSPS) is 27.0. The molecular weight excluding hydrogens is 156 g/mol. The van der Waals surface area contributed by atoms with Crippen LogP contribution in [0.2, 0.25) is 0 Å². The van der Waals surface area contributed by atoms with Gasteiger partial charge in [0.25, 0.3) is 0 Å². The van der Waals surface area contributed by atoms with Crippen molar-refractivity contribution in [2.75, 3.05) is 0 Å². The molecule has 0 aliphatic heterocycles. The molecule has 1 fully saturated rings. The van der Waals surface area contributed by atoms with Crippen molar-refractivity contribution >= 4 is 5.97 Å². The van der Waals surface area contributed by atoms with Crippen LogP contribution in [0.3, 0.4) is 0 Å². The highest BCUT2D eigenvalue weighted by atomic mass is 16.4. The van der Waals surface area contributed by atoms with Crippen molar-refractivity contribution in [3.05, 3.63) is 24.2 Å². The summed E-state index contributed by atoms with van der Waals surface area (Å²) in [6, 6.07) is 3.75. The molecule has 0 aromatic carbocycles. The third-order valence-corrected chi connectivity index (χ3v) is 2.27. The molecule has 1 aliphatic carbocycles. The average Bonchev–Trinajstić information content (AvgIpc) is 2.59. The molecule has 2 atom stereocenters. The Kier molecular flexibility index (Phi) is 1.64. The molecule has 0 saturated heterocycles. The highest BCUT2D eigenvalue weighted by Gasteiger charge is 2.41. The van der Waals surface area contributed by atoms with Crippen molar-refractivity contribution < 1.29 is 14.3 Å². The van der Waals surface area contributed by atoms with E-state index in [-0.39, 0.29) is 6.42 Å². The molecule has 2 unspecified atom stereocenters. The molecule has 12 heavy (non-hydrogen) atoms. The van der Waals surface area contributed by atoms with Gasteiger partial charge in [0.1, 0.15) is 5.76 Å². The van der Waals surface area contributed by atoms with Gasteiger partial charge in [-0.1, -0.05) is 0 Å². The third kappa shape index (κ3) is 1.35. The van der Waals surface area contributed by atoms with Crippen LogP contribution in [0.1, 0.15) is 24.5 Å². The maximum absolute atomic E-state index is 10.3. The largest absolute Gasteiger partial charge is 0.481 e. The molecule has 0 amide bonds. The van der Waals surface area contributed by atoms with Crippen molar-refractivity contribution in [2.45, 2.75) is 18.8 Å². The molecule has 1 N–H and O–H groups in total. The van der Waals surface area contributed by atoms with Crippen LogP contribution in [0.4, 0.5) is 0 Å². The summed E-state index contributed by atoms with van der Waals surface area (Å²) >= 11 is 0. The molecule has 1 saturated carbocycles. The van der Waals surface area contributed by atoms with Gasteiger partial charge in [0.15, 0.2) is 0 Å². The van der Waals surface area contributed by atoms with Gasteiger partial charge in [0, 0.05) is 12.3 Å². The number of carboxylic acid groups (broad SMARTS) is 1. The predicted octanol–water partition coefficient (Wildman–Crippen LogP) is 1.86. The second kappa shape index (κ2) is 2.66. The fraction of sp³-hybridized carbons (Fsp3) is 0.444. The first-order valence-electron chi connectivity index (χ1n) is 4.02. The molecule has 1 heterocycles. The maximum atomic E-state index is 10.3. The number of rotatable bonds is 3. The average molecular weight is 166 g/mol. The van der Waals surface area contributed by atoms with Crippen LogP contribution in [0, 0.1) is 5.92 Å². The number of carboxylic acids is 1. The second-order valence-electron chi connectivity index (χ2n) is 3.22. The van der Waals surface area contributed by atoms with E-state index in [1.165, 1.54) is 0 Å². The van der Waals surface area contributed by atoms with E-state index < -0.39 is 5.97 Å². The highest BCUT2D eigenvalue weighted by Crippen LogP contribution is 2.49. The van der Waals surface area contributed by atoms with Crippen LogP contribution in [0.25, 0.3) is 0 Å². The summed E-state index contributed by atoms with van der Waals surface area (Å²) in [5, 5.41) is 8.51. The van der Waals surface area contributed by atoms with Crippen molar-refractivity contribution in [2.24, 2.45) is 5.92 Å². The molecular formula is C9H10O3. The molecule has 2 rings (SSSR count). The lowest BCUT2D eigenvalue weighted by Crippen LogP contribution is -1.96. The molecule has 1 aliphatic rings. The lowest BCUT2D eigenvalue weighted by Gasteiger charge is -1.91. The van der Waals surface area contributed by atoms with Crippen LogP contribution in [-0.4, -0.2) is 11.1 Å². The molecule has 0 radical (unpaired) electrons. The Morgan fingerprint density at radius 3 is 3.17 bits per heavy atom. The van der Waals surface area contributed by atoms with Gasteiger partial charge in [0.2, 0.25) is 0 Å². The van der Waals surface area contributed by atoms with Gasteiger partial charge < -0.3 is 9.52 Å². The van der Waals surface area contributed by atoms with Gasteiger partial charge in [-0.2, -0.15) is 0 Å². The first kappa shape index (κ1) is 7.40. The predicted molar refractivity (Wildman–Crippen MR) is 41.8 cm³/mol. The first-order valence-corrected chi connectivity index (χ1v) is 4.02. The van der Waals surface area contributed by atoms with E-state index in [1.54, 1.807) is 6.26 Å². The van der Waals surface area contributed by atoms with E-state index in [2.05, 4.69) is 0 Å². The summed E-state index contributed by atoms with van der Waals surface area (Å²) in [5.41, 5.74) is 0. The van der Waals surface area contributed by atoms with Gasteiger partial charge in [-0.15, -0.1) is 0 Å². The minimum absolute atomic E-state index is 0.269. The minimum atomic E-state index is -0.714. The summed E-state index contributed by atoms with van der Waals surface area (Å²) in [6.07, 6.45) is 2.86. The minimum Gasteiger partial charge on any atom is -0.481 e. The Morgan fingerprint density at radius 2 is 2.58 bits per heavy atom. The zero-order valence-electron chi connectivity index (χ0n) is 6.56. The van der Waals surface area contributed by atoms with Crippen LogP contribution < -0.4 is 0 Å². The molecule has 1 aromatic heterocycles. The fourth-order valence-corrected chi connectivity index (χ4v) is 1.55. The van der Waals surface area contributed by atoms with Gasteiger partial charge in [-0.3, -0.25) is 4.79 Å². The van der Waals surface area contributed by atoms with E-state index in [1.807, 2.05) is 12.1 Å². The number of carbonyl (C=O) groups is 1. The Balaban J connectivity index is 1.92. The number of hydrogen-bond acceptors (Lipinski definition) is 2. The third-order valence-electron chi connectivity index (χ3n) is 2.27. The first-order chi connectivity index (χ1) is 5.77. The van der Waals surface area contributed by atoms with E-state index in [0.717, 1.165) is 12.2 Å². The van der Waals surface area contributed by atoms with Crippen LogP contribution in [-0.2, 0) is 4.79 Å². The quantitative estimate of drug-likeness (QED) is 0.745. The molecule has 64 valence electrons. The van der Waals surface area contributed by atoms with Crippen molar-refractivity contribution in [1.82, 2.24) is 0 Å². The molecule has 3 nitrogen and oxygen atoms in total. The van der Waals surface area contributed by atoms with E-state index >= 15 is 0 Å². The number of aliphatic carboxylic acids is 1. The second-order valence-corrected chi connectivity index (χ2v) is 3.22. The van der Waals surface area contributed by atoms with Gasteiger partial charge in [-0.25, -0.2) is 0 Å². The Hall–Kier alpha value is -1.25. The smallest absolute Gasteiger partial charge is 0.303 e. The number of hydrogen-bond donors (Lipinski definition) is 1. The Labute approximate surface area is 70.0 Å². The Morgan fingerprint density at radius 1 is 1.75 bits per heavy atom. The van der Waals surface area contributed by atoms with Crippen LogP contribution in [0.5, 0.6) is 0 Å². The standard InChI is InChI=1S/C9H10O3/c10-9(11)5-6-4-7(6)8-2-1-3-12-8/h1-3,6-7H,4-5H2,(H,10,11). The van der Waals surface area contributed by atoms with Gasteiger partial charge in [0.05, 0.1) is 6.26 Å². The molecule has 0 spiro atoms. The zero-order valence-corrected chi connectivity index (χ0v) is 6.56. The molecule has 1 aromatic rings. The fourth-order valence-electron chi connectivity index (χ4n) is 1.55. The maximum Gasteiger partial charge on any atom is 0.303 e. The van der Waals surface area contributed by atoms with Crippen LogP contribution in [0.15, 0.2) is 22.8 Å². The van der Waals surface area contributed by atoms with Crippen LogP contribution >= 0.6 is 0 Å². The molecule has 3 heteroatoms. The summed E-state index contributed by atoms with van der Waals surface area (Å²) in [6.45, 7) is 0. The molecule has 0 bridgehead atoms. The van der Waals surface area contributed by atoms with Crippen molar-refractivity contribution in [3.63, 3.8) is 0 Å². The Bertz CT molecular complexity index is 276. The lowest BCUT2D eigenvalue weighted by atomic mass is 10.2. The summed E-state index contributed by atoms with van der Waals surface area (Å²) in [7, 11) is 0. The SMILES string of the molecule is O=C(O)CC1CC1c1ccco1. The number of furan rings is 1. The topological polar surface area (TPSA) is 50.4 Å². The van der Waals surface area contributed by atoms with Gasteiger partial charge in [-0.05, 0) is 24.5 Å². The summed E-state index contributed by atoms with van der Waals surface area (Å²) < 4.78 is 5.18. The van der Waals surface area contributed by atoms with E-state index in [4.69, 9.17) is 9.52 Å². The highest BCUT2D eigenvalue weighted by molar-refractivity contribution is 5.67. The zero-order chi connectivity index (χ0) is 8.55. The summed E-state index contributed by atoms with van der Waals surface area (Å²) in [5.74, 6) is 0.875. The van der Waals surface area contributed by atoms with E-state index in [9.17, 15) is 4.79 Å². The summed E-state index contributed by atoms with van der Waals surface area (Å²) in [4.78, 5) is 10.3. The monoisotopic (exact) mass is 166 g/mol. The lowest BCUT2D eigenvalue weighted by molar-refractivity contribution is -0.137. The van der Waals surface area contributed by atoms with Gasteiger partial charge >= 0.3 is 5.97 Å².